The van der Waals surface area contributed by atoms with E-state index in [1.165, 1.54) is 0 Å². The average molecular weight is 219 g/mol. The standard InChI is InChI=1S/C10H13N5O/c1-16-8-4-7(5-12-6-8)9(15-11)10-13-2-3-14-10/h2-6,9,15H,11H2,1H3,(H,13,14). The highest BCUT2D eigenvalue weighted by molar-refractivity contribution is 5.29. The van der Waals surface area contributed by atoms with Crippen LogP contribution in [0.4, 0.5) is 0 Å². The van der Waals surface area contributed by atoms with Crippen LogP contribution in [-0.2, 0) is 0 Å². The zero-order valence-corrected chi connectivity index (χ0v) is 8.84. The highest BCUT2D eigenvalue weighted by Crippen LogP contribution is 2.20. The summed E-state index contributed by atoms with van der Waals surface area (Å²) in [5, 5.41) is 0. The van der Waals surface area contributed by atoms with Gasteiger partial charge in [0.1, 0.15) is 17.6 Å². The zero-order valence-electron chi connectivity index (χ0n) is 8.84. The molecule has 2 aromatic heterocycles. The summed E-state index contributed by atoms with van der Waals surface area (Å²) in [5.74, 6) is 6.93. The number of nitrogens with zero attached hydrogens (tertiary/aromatic N) is 2. The fourth-order valence-electron chi connectivity index (χ4n) is 1.47. The first-order chi connectivity index (χ1) is 7.85. The molecule has 2 heterocycles. The Kier molecular flexibility index (Phi) is 3.13. The molecule has 16 heavy (non-hydrogen) atoms. The lowest BCUT2D eigenvalue weighted by atomic mass is 10.1. The van der Waals surface area contributed by atoms with Gasteiger partial charge >= 0.3 is 0 Å². The van der Waals surface area contributed by atoms with E-state index in [-0.39, 0.29) is 6.04 Å². The van der Waals surface area contributed by atoms with E-state index < -0.39 is 0 Å². The van der Waals surface area contributed by atoms with Gasteiger partial charge < -0.3 is 9.72 Å². The second-order valence-corrected chi connectivity index (χ2v) is 3.23. The van der Waals surface area contributed by atoms with Crippen molar-refractivity contribution in [3.05, 3.63) is 42.2 Å². The van der Waals surface area contributed by atoms with E-state index >= 15 is 0 Å². The lowest BCUT2D eigenvalue weighted by molar-refractivity contribution is 0.411. The Labute approximate surface area is 92.8 Å². The van der Waals surface area contributed by atoms with Gasteiger partial charge in [-0.25, -0.2) is 10.4 Å². The summed E-state index contributed by atoms with van der Waals surface area (Å²) in [6.07, 6.45) is 6.77. The number of rotatable bonds is 4. The lowest BCUT2D eigenvalue weighted by Gasteiger charge is -2.13. The summed E-state index contributed by atoms with van der Waals surface area (Å²) in [6.45, 7) is 0. The normalized spacial score (nSPS) is 12.4. The Morgan fingerprint density at radius 3 is 3.00 bits per heavy atom. The molecule has 6 heteroatoms. The summed E-state index contributed by atoms with van der Waals surface area (Å²) in [4.78, 5) is 11.2. The molecule has 0 amide bonds. The van der Waals surface area contributed by atoms with Crippen LogP contribution in [0.5, 0.6) is 5.75 Å². The first-order valence-corrected chi connectivity index (χ1v) is 4.79. The van der Waals surface area contributed by atoms with Crippen molar-refractivity contribution in [1.29, 1.82) is 0 Å². The molecule has 0 aliphatic rings. The number of nitrogens with one attached hydrogen (secondary N) is 2. The van der Waals surface area contributed by atoms with Crippen LogP contribution >= 0.6 is 0 Å². The number of imidazole rings is 1. The molecule has 0 aromatic carbocycles. The number of H-pyrrole nitrogens is 1. The SMILES string of the molecule is COc1cncc(C(NN)c2ncc[nH]2)c1. The number of ether oxygens (including phenoxy) is 1. The van der Waals surface area contributed by atoms with Crippen LogP contribution in [0.2, 0.25) is 0 Å². The third-order valence-electron chi connectivity index (χ3n) is 2.26. The Morgan fingerprint density at radius 1 is 1.50 bits per heavy atom. The van der Waals surface area contributed by atoms with Crippen molar-refractivity contribution in [2.24, 2.45) is 5.84 Å². The van der Waals surface area contributed by atoms with E-state index in [2.05, 4.69) is 20.4 Å². The van der Waals surface area contributed by atoms with E-state index in [1.807, 2.05) is 6.07 Å². The summed E-state index contributed by atoms with van der Waals surface area (Å²) in [7, 11) is 1.60. The molecular formula is C10H13N5O. The van der Waals surface area contributed by atoms with Crippen molar-refractivity contribution in [3.63, 3.8) is 0 Å². The fraction of sp³-hybridized carbons (Fsp3) is 0.200. The summed E-state index contributed by atoms with van der Waals surface area (Å²) in [6, 6.07) is 1.64. The van der Waals surface area contributed by atoms with E-state index in [0.29, 0.717) is 5.75 Å². The monoisotopic (exact) mass is 219 g/mol. The molecule has 0 saturated heterocycles. The number of methoxy groups -OCH3 is 1. The number of hydrazine groups is 1. The van der Waals surface area contributed by atoms with Crippen LogP contribution in [0, 0.1) is 0 Å². The number of aromatic amines is 1. The largest absolute Gasteiger partial charge is 0.495 e. The van der Waals surface area contributed by atoms with E-state index in [0.717, 1.165) is 11.4 Å². The van der Waals surface area contributed by atoms with E-state index in [1.54, 1.807) is 31.9 Å². The Morgan fingerprint density at radius 2 is 2.38 bits per heavy atom. The van der Waals surface area contributed by atoms with Crippen molar-refractivity contribution >= 4 is 0 Å². The minimum atomic E-state index is -0.224. The van der Waals surface area contributed by atoms with Crippen molar-refractivity contribution in [2.75, 3.05) is 7.11 Å². The Balaban J connectivity index is 2.33. The third-order valence-corrected chi connectivity index (χ3v) is 2.26. The van der Waals surface area contributed by atoms with Gasteiger partial charge in [-0.15, -0.1) is 0 Å². The molecule has 2 aromatic rings. The maximum absolute atomic E-state index is 5.51. The van der Waals surface area contributed by atoms with E-state index in [9.17, 15) is 0 Å². The molecule has 1 atom stereocenters. The van der Waals surface area contributed by atoms with Gasteiger partial charge in [0.15, 0.2) is 0 Å². The topological polar surface area (TPSA) is 88.8 Å². The summed E-state index contributed by atoms with van der Waals surface area (Å²) < 4.78 is 5.11. The van der Waals surface area contributed by atoms with Crippen LogP contribution < -0.4 is 16.0 Å². The first kappa shape index (κ1) is 10.6. The molecule has 4 N–H and O–H groups in total. The number of nitrogens with two attached hydrogens (primary N) is 1. The minimum absolute atomic E-state index is 0.224. The van der Waals surface area contributed by atoms with Gasteiger partial charge in [0.2, 0.25) is 0 Å². The second-order valence-electron chi connectivity index (χ2n) is 3.23. The lowest BCUT2D eigenvalue weighted by Crippen LogP contribution is -2.29. The van der Waals surface area contributed by atoms with Gasteiger partial charge in [-0.2, -0.15) is 0 Å². The van der Waals surface area contributed by atoms with Crippen molar-refractivity contribution < 1.29 is 4.74 Å². The fourth-order valence-corrected chi connectivity index (χ4v) is 1.47. The smallest absolute Gasteiger partial charge is 0.137 e. The molecule has 0 aliphatic carbocycles. The predicted molar refractivity (Wildman–Crippen MR) is 58.5 cm³/mol. The number of hydrogen-bond donors (Lipinski definition) is 3. The van der Waals surface area contributed by atoms with Crippen LogP contribution in [0.1, 0.15) is 17.4 Å². The van der Waals surface area contributed by atoms with Gasteiger partial charge in [0.05, 0.1) is 13.3 Å². The Hall–Kier alpha value is -1.92. The van der Waals surface area contributed by atoms with E-state index in [4.69, 9.17) is 10.6 Å². The molecular weight excluding hydrogens is 206 g/mol. The number of hydrogen-bond acceptors (Lipinski definition) is 5. The van der Waals surface area contributed by atoms with Crippen LogP contribution in [0.25, 0.3) is 0 Å². The van der Waals surface area contributed by atoms with Crippen molar-refractivity contribution in [3.8, 4) is 5.75 Å². The molecule has 0 fully saturated rings. The molecule has 0 spiro atoms. The number of aromatic nitrogens is 3. The minimum Gasteiger partial charge on any atom is -0.495 e. The van der Waals surface area contributed by atoms with Crippen LogP contribution in [-0.4, -0.2) is 22.1 Å². The maximum Gasteiger partial charge on any atom is 0.137 e. The molecule has 6 nitrogen and oxygen atoms in total. The van der Waals surface area contributed by atoms with Gasteiger partial charge in [-0.1, -0.05) is 0 Å². The van der Waals surface area contributed by atoms with Crippen LogP contribution in [0.15, 0.2) is 30.9 Å². The highest BCUT2D eigenvalue weighted by atomic mass is 16.5. The average Bonchev–Trinajstić information content (AvgIpc) is 2.84. The van der Waals surface area contributed by atoms with Crippen LogP contribution in [0.3, 0.4) is 0 Å². The summed E-state index contributed by atoms with van der Waals surface area (Å²) in [5.41, 5.74) is 3.57. The molecule has 0 bridgehead atoms. The predicted octanol–water partition coefficient (Wildman–Crippen LogP) is 0.366. The second kappa shape index (κ2) is 4.73. The molecule has 84 valence electrons. The van der Waals surface area contributed by atoms with Gasteiger partial charge in [-0.05, 0) is 11.6 Å². The van der Waals surface area contributed by atoms with Gasteiger partial charge in [-0.3, -0.25) is 10.8 Å². The molecule has 0 aliphatic heterocycles. The van der Waals surface area contributed by atoms with Crippen molar-refractivity contribution in [2.45, 2.75) is 6.04 Å². The number of pyridine rings is 1. The van der Waals surface area contributed by atoms with Crippen molar-refractivity contribution in [1.82, 2.24) is 20.4 Å². The molecule has 0 saturated carbocycles. The van der Waals surface area contributed by atoms with Gasteiger partial charge in [0.25, 0.3) is 0 Å². The quantitative estimate of drug-likeness (QED) is 0.510. The maximum atomic E-state index is 5.51. The Bertz CT molecular complexity index is 442. The molecule has 1 unspecified atom stereocenters. The summed E-state index contributed by atoms with van der Waals surface area (Å²) >= 11 is 0. The van der Waals surface area contributed by atoms with Gasteiger partial charge in [0, 0.05) is 18.6 Å². The first-order valence-electron chi connectivity index (χ1n) is 4.79. The highest BCUT2D eigenvalue weighted by Gasteiger charge is 2.15. The third kappa shape index (κ3) is 2.02. The molecule has 2 rings (SSSR count). The molecule has 0 radical (unpaired) electrons. The zero-order chi connectivity index (χ0) is 11.4.